The van der Waals surface area contributed by atoms with E-state index in [0.29, 0.717) is 31.0 Å². The van der Waals surface area contributed by atoms with Crippen LogP contribution in [0.25, 0.3) is 0 Å². The Hall–Kier alpha value is -2.38. The van der Waals surface area contributed by atoms with E-state index in [1.165, 1.54) is 12.1 Å². The van der Waals surface area contributed by atoms with Crippen LogP contribution in [-0.4, -0.2) is 34.5 Å². The van der Waals surface area contributed by atoms with Crippen molar-refractivity contribution in [1.82, 2.24) is 10.0 Å². The Bertz CT molecular complexity index is 908. The number of carbonyl (C=O) groups excluding carboxylic acids is 1. The molecule has 2 aromatic carbocycles. The number of carbonyl (C=O) groups is 1. The predicted molar refractivity (Wildman–Crippen MR) is 103 cm³/mol. The van der Waals surface area contributed by atoms with Gasteiger partial charge in [0.15, 0.2) is 0 Å². The van der Waals surface area contributed by atoms with Crippen molar-refractivity contribution in [3.05, 3.63) is 59.7 Å². The summed E-state index contributed by atoms with van der Waals surface area (Å²) in [4.78, 5) is 12.5. The van der Waals surface area contributed by atoms with E-state index < -0.39 is 10.0 Å². The highest BCUT2D eigenvalue weighted by Crippen LogP contribution is 2.28. The SMILES string of the molecule is COc1ccccc1CCNC(=O)c1cccc(S(=O)(=O)NCC2CC2)c1. The van der Waals surface area contributed by atoms with E-state index in [-0.39, 0.29) is 10.8 Å². The number of rotatable bonds is 9. The standard InChI is InChI=1S/C20H24N2O4S/c1-26-19-8-3-2-5-16(19)11-12-21-20(23)17-6-4-7-18(13-17)27(24,25)22-14-15-9-10-15/h2-8,13,15,22H,9-12,14H2,1H3,(H,21,23). The number of benzene rings is 2. The molecule has 1 fully saturated rings. The molecule has 3 rings (SSSR count). The van der Waals surface area contributed by atoms with E-state index in [2.05, 4.69) is 10.0 Å². The van der Waals surface area contributed by atoms with Crippen LogP contribution in [0.4, 0.5) is 0 Å². The van der Waals surface area contributed by atoms with Crippen LogP contribution >= 0.6 is 0 Å². The van der Waals surface area contributed by atoms with Crippen LogP contribution in [0.3, 0.4) is 0 Å². The Kier molecular flexibility index (Phi) is 6.13. The molecule has 6 nitrogen and oxygen atoms in total. The van der Waals surface area contributed by atoms with Gasteiger partial charge in [-0.2, -0.15) is 0 Å². The van der Waals surface area contributed by atoms with Gasteiger partial charge < -0.3 is 10.1 Å². The van der Waals surface area contributed by atoms with Crippen LogP contribution < -0.4 is 14.8 Å². The number of hydrogen-bond donors (Lipinski definition) is 2. The average Bonchev–Trinajstić information content (AvgIpc) is 3.51. The predicted octanol–water partition coefficient (Wildman–Crippen LogP) is 2.36. The molecule has 0 saturated heterocycles. The lowest BCUT2D eigenvalue weighted by molar-refractivity contribution is 0.0954. The molecule has 0 unspecified atom stereocenters. The van der Waals surface area contributed by atoms with Gasteiger partial charge in [-0.3, -0.25) is 4.79 Å². The monoisotopic (exact) mass is 388 g/mol. The molecule has 1 amide bonds. The second-order valence-corrected chi connectivity index (χ2v) is 8.41. The van der Waals surface area contributed by atoms with Crippen molar-refractivity contribution >= 4 is 15.9 Å². The van der Waals surface area contributed by atoms with E-state index in [9.17, 15) is 13.2 Å². The van der Waals surface area contributed by atoms with E-state index >= 15 is 0 Å². The van der Waals surface area contributed by atoms with Crippen molar-refractivity contribution in [1.29, 1.82) is 0 Å². The summed E-state index contributed by atoms with van der Waals surface area (Å²) in [6.45, 7) is 0.883. The molecule has 27 heavy (non-hydrogen) atoms. The van der Waals surface area contributed by atoms with Gasteiger partial charge in [0, 0.05) is 18.7 Å². The summed E-state index contributed by atoms with van der Waals surface area (Å²) < 4.78 is 32.6. The summed E-state index contributed by atoms with van der Waals surface area (Å²) in [5.74, 6) is 0.923. The largest absolute Gasteiger partial charge is 0.496 e. The summed E-state index contributed by atoms with van der Waals surface area (Å²) in [6, 6.07) is 13.7. The minimum atomic E-state index is -3.59. The molecule has 1 aliphatic carbocycles. The van der Waals surface area contributed by atoms with Gasteiger partial charge in [-0.1, -0.05) is 24.3 Å². The molecular weight excluding hydrogens is 364 g/mol. The van der Waals surface area contributed by atoms with Crippen molar-refractivity contribution in [3.8, 4) is 5.75 Å². The van der Waals surface area contributed by atoms with Crippen LogP contribution in [0, 0.1) is 5.92 Å². The van der Waals surface area contributed by atoms with Crippen LogP contribution in [0.5, 0.6) is 5.75 Å². The smallest absolute Gasteiger partial charge is 0.251 e. The normalized spacial score (nSPS) is 14.0. The molecule has 0 heterocycles. The van der Waals surface area contributed by atoms with E-state index in [0.717, 1.165) is 24.2 Å². The fourth-order valence-corrected chi connectivity index (χ4v) is 3.92. The van der Waals surface area contributed by atoms with Crippen molar-refractivity contribution < 1.29 is 17.9 Å². The first-order valence-corrected chi connectivity index (χ1v) is 10.5. The van der Waals surface area contributed by atoms with Gasteiger partial charge in [-0.15, -0.1) is 0 Å². The molecule has 2 aromatic rings. The summed E-state index contributed by atoms with van der Waals surface area (Å²) in [7, 11) is -1.98. The molecule has 0 spiro atoms. The van der Waals surface area contributed by atoms with Crippen LogP contribution in [-0.2, 0) is 16.4 Å². The first-order chi connectivity index (χ1) is 13.0. The molecule has 0 aliphatic heterocycles. The van der Waals surface area contributed by atoms with Crippen LogP contribution in [0.15, 0.2) is 53.4 Å². The van der Waals surface area contributed by atoms with Gasteiger partial charge in [0.2, 0.25) is 10.0 Å². The van der Waals surface area contributed by atoms with Crippen molar-refractivity contribution in [2.24, 2.45) is 5.92 Å². The molecule has 2 N–H and O–H groups in total. The lowest BCUT2D eigenvalue weighted by Crippen LogP contribution is -2.28. The van der Waals surface area contributed by atoms with Crippen LogP contribution in [0.2, 0.25) is 0 Å². The molecule has 0 bridgehead atoms. The molecule has 144 valence electrons. The third-order valence-corrected chi connectivity index (χ3v) is 5.96. The first-order valence-electron chi connectivity index (χ1n) is 8.99. The van der Waals surface area contributed by atoms with Gasteiger partial charge >= 0.3 is 0 Å². The zero-order valence-electron chi connectivity index (χ0n) is 15.3. The fourth-order valence-electron chi connectivity index (χ4n) is 2.76. The van der Waals surface area contributed by atoms with Crippen molar-refractivity contribution in [2.45, 2.75) is 24.2 Å². The summed E-state index contributed by atoms with van der Waals surface area (Å²) >= 11 is 0. The van der Waals surface area contributed by atoms with E-state index in [1.807, 2.05) is 24.3 Å². The summed E-state index contributed by atoms with van der Waals surface area (Å²) in [5.41, 5.74) is 1.32. The number of amides is 1. The number of methoxy groups -OCH3 is 1. The number of nitrogens with one attached hydrogen (secondary N) is 2. The first kappa shape index (κ1) is 19.4. The maximum Gasteiger partial charge on any atom is 0.251 e. The summed E-state index contributed by atoms with van der Waals surface area (Å²) in [6.07, 6.45) is 2.75. The second-order valence-electron chi connectivity index (χ2n) is 6.64. The highest BCUT2D eigenvalue weighted by Gasteiger charge is 2.24. The molecule has 1 saturated carbocycles. The zero-order valence-corrected chi connectivity index (χ0v) is 16.1. The Morgan fingerprint density at radius 2 is 1.93 bits per heavy atom. The molecule has 0 aromatic heterocycles. The number of para-hydroxylation sites is 1. The minimum absolute atomic E-state index is 0.112. The van der Waals surface area contributed by atoms with Gasteiger partial charge in [0.1, 0.15) is 5.75 Å². The van der Waals surface area contributed by atoms with Gasteiger partial charge in [0.05, 0.1) is 12.0 Å². The lowest BCUT2D eigenvalue weighted by Gasteiger charge is -2.10. The molecule has 7 heteroatoms. The van der Waals surface area contributed by atoms with Gasteiger partial charge in [0.25, 0.3) is 5.91 Å². The topological polar surface area (TPSA) is 84.5 Å². The Morgan fingerprint density at radius 3 is 2.67 bits per heavy atom. The minimum Gasteiger partial charge on any atom is -0.496 e. The molecule has 0 radical (unpaired) electrons. The number of ether oxygens (including phenoxy) is 1. The van der Waals surface area contributed by atoms with Crippen molar-refractivity contribution in [3.63, 3.8) is 0 Å². The number of sulfonamides is 1. The quantitative estimate of drug-likeness (QED) is 0.691. The second kappa shape index (κ2) is 8.54. The molecule has 1 aliphatic rings. The van der Waals surface area contributed by atoms with Crippen molar-refractivity contribution in [2.75, 3.05) is 20.2 Å². The lowest BCUT2D eigenvalue weighted by atomic mass is 10.1. The maximum absolute atomic E-state index is 12.4. The Labute approximate surface area is 160 Å². The maximum atomic E-state index is 12.4. The van der Waals surface area contributed by atoms with E-state index in [1.54, 1.807) is 19.2 Å². The number of hydrogen-bond acceptors (Lipinski definition) is 4. The zero-order chi connectivity index (χ0) is 19.3. The Morgan fingerprint density at radius 1 is 1.15 bits per heavy atom. The third kappa shape index (κ3) is 5.30. The average molecular weight is 388 g/mol. The highest BCUT2D eigenvalue weighted by atomic mass is 32.2. The van der Waals surface area contributed by atoms with Gasteiger partial charge in [-0.05, 0) is 55.0 Å². The molecule has 0 atom stereocenters. The third-order valence-electron chi connectivity index (χ3n) is 4.54. The van der Waals surface area contributed by atoms with Crippen LogP contribution in [0.1, 0.15) is 28.8 Å². The van der Waals surface area contributed by atoms with E-state index in [4.69, 9.17) is 4.74 Å². The van der Waals surface area contributed by atoms with Gasteiger partial charge in [-0.25, -0.2) is 13.1 Å². The molecular formula is C20H24N2O4S. The highest BCUT2D eigenvalue weighted by molar-refractivity contribution is 7.89. The fraction of sp³-hybridized carbons (Fsp3) is 0.350. The Balaban J connectivity index is 1.59. The summed E-state index contributed by atoms with van der Waals surface area (Å²) in [5, 5.41) is 2.83.